The van der Waals surface area contributed by atoms with Crippen molar-refractivity contribution >= 4 is 23.2 Å². The summed E-state index contributed by atoms with van der Waals surface area (Å²) in [4.78, 5) is 25.3. The Morgan fingerprint density at radius 2 is 2.26 bits per heavy atom. The number of likely N-dealkylation sites (N-methyl/N-ethyl adjacent to an activating group) is 1. The molecule has 0 spiro atoms. The second-order valence-electron chi connectivity index (χ2n) is 3.63. The fraction of sp³-hybridized carbons (Fsp3) is 0.385. The quantitative estimate of drug-likeness (QED) is 0.652. The third-order valence-electron chi connectivity index (χ3n) is 2.16. The molecule has 102 valence electrons. The number of aliphatic hydroxyl groups excluding tert-OH is 1. The van der Waals surface area contributed by atoms with Gasteiger partial charge in [0.25, 0.3) is 5.91 Å². The average molecular weight is 281 g/mol. The van der Waals surface area contributed by atoms with E-state index in [9.17, 15) is 9.59 Å². The number of hydrogen-bond acceptors (Lipinski definition) is 5. The van der Waals surface area contributed by atoms with Crippen LogP contribution in [-0.4, -0.2) is 48.7 Å². The summed E-state index contributed by atoms with van der Waals surface area (Å²) < 4.78 is 4.78. The number of nitrogens with zero attached hydrogens (tertiary/aromatic N) is 1. The normalized spacial score (nSPS) is 9.42. The molecule has 1 aromatic heterocycles. The van der Waals surface area contributed by atoms with Gasteiger partial charge in [-0.2, -0.15) is 0 Å². The second kappa shape index (κ2) is 7.56. The fourth-order valence-corrected chi connectivity index (χ4v) is 2.08. The highest BCUT2D eigenvalue weighted by molar-refractivity contribution is 7.10. The van der Waals surface area contributed by atoms with Gasteiger partial charge in [0.1, 0.15) is 13.2 Å². The highest BCUT2D eigenvalue weighted by Gasteiger charge is 2.16. The molecule has 0 unspecified atom stereocenters. The van der Waals surface area contributed by atoms with Crippen molar-refractivity contribution in [2.45, 2.75) is 6.92 Å². The summed E-state index contributed by atoms with van der Waals surface area (Å²) in [7, 11) is 1.54. The van der Waals surface area contributed by atoms with E-state index in [1.165, 1.54) is 23.3 Å². The van der Waals surface area contributed by atoms with Gasteiger partial charge >= 0.3 is 5.97 Å². The van der Waals surface area contributed by atoms with Crippen LogP contribution in [0.1, 0.15) is 22.2 Å². The molecule has 19 heavy (non-hydrogen) atoms. The van der Waals surface area contributed by atoms with Gasteiger partial charge in [0.2, 0.25) is 0 Å². The van der Waals surface area contributed by atoms with Gasteiger partial charge in [-0.1, -0.05) is 11.8 Å². The molecule has 0 aromatic carbocycles. The Morgan fingerprint density at radius 3 is 2.89 bits per heavy atom. The molecular weight excluding hydrogens is 266 g/mol. The SMILES string of the molecule is CCOC(=O)CN(C)C(=O)c1csc(C#CCO)c1. The predicted molar refractivity (Wildman–Crippen MR) is 71.9 cm³/mol. The van der Waals surface area contributed by atoms with Crippen LogP contribution in [-0.2, 0) is 9.53 Å². The molecule has 0 fully saturated rings. The molecule has 0 aliphatic carbocycles. The van der Waals surface area contributed by atoms with Gasteiger partial charge in [0.05, 0.1) is 17.0 Å². The standard InChI is InChI=1S/C13H15NO4S/c1-3-18-12(16)8-14(2)13(17)10-7-11(19-9-10)5-4-6-15/h7,9,15H,3,6,8H2,1-2H3. The van der Waals surface area contributed by atoms with Crippen LogP contribution in [0.3, 0.4) is 0 Å². The number of amides is 1. The van der Waals surface area contributed by atoms with Crippen LogP contribution in [0.25, 0.3) is 0 Å². The average Bonchev–Trinajstić information content (AvgIpc) is 2.84. The lowest BCUT2D eigenvalue weighted by atomic mass is 10.2. The molecule has 0 atom stereocenters. The Balaban J connectivity index is 2.66. The first-order valence-corrected chi connectivity index (χ1v) is 6.55. The van der Waals surface area contributed by atoms with E-state index in [4.69, 9.17) is 9.84 Å². The first-order chi connectivity index (χ1) is 9.08. The summed E-state index contributed by atoms with van der Waals surface area (Å²) in [5.74, 6) is 4.54. The number of rotatable bonds is 4. The van der Waals surface area contributed by atoms with Gasteiger partial charge in [0, 0.05) is 12.4 Å². The van der Waals surface area contributed by atoms with E-state index >= 15 is 0 Å². The van der Waals surface area contributed by atoms with Crippen molar-refractivity contribution < 1.29 is 19.4 Å². The second-order valence-corrected chi connectivity index (χ2v) is 4.54. The van der Waals surface area contributed by atoms with Gasteiger partial charge in [-0.15, -0.1) is 11.3 Å². The molecule has 0 bridgehead atoms. The Labute approximate surface area is 115 Å². The molecule has 0 radical (unpaired) electrons. The lowest BCUT2D eigenvalue weighted by Crippen LogP contribution is -2.32. The summed E-state index contributed by atoms with van der Waals surface area (Å²) in [6.07, 6.45) is 0. The van der Waals surface area contributed by atoms with E-state index in [2.05, 4.69) is 11.8 Å². The summed E-state index contributed by atoms with van der Waals surface area (Å²) in [6, 6.07) is 1.64. The number of hydrogen-bond donors (Lipinski definition) is 1. The lowest BCUT2D eigenvalue weighted by Gasteiger charge is -2.14. The number of carbonyl (C=O) groups is 2. The van der Waals surface area contributed by atoms with Crippen molar-refractivity contribution in [3.63, 3.8) is 0 Å². The Hall–Kier alpha value is -1.84. The van der Waals surface area contributed by atoms with Gasteiger partial charge in [0.15, 0.2) is 0 Å². The summed E-state index contributed by atoms with van der Waals surface area (Å²) in [6.45, 7) is 1.70. The molecule has 1 N–H and O–H groups in total. The molecule has 1 aromatic rings. The van der Waals surface area contributed by atoms with Crippen molar-refractivity contribution in [3.8, 4) is 11.8 Å². The molecule has 0 aliphatic heterocycles. The van der Waals surface area contributed by atoms with Gasteiger partial charge in [-0.05, 0) is 13.0 Å². The summed E-state index contributed by atoms with van der Waals surface area (Å²) in [5.41, 5.74) is 0.471. The van der Waals surface area contributed by atoms with Crippen LogP contribution in [0.2, 0.25) is 0 Å². The minimum absolute atomic E-state index is 0.0832. The Kier molecular flexibility index (Phi) is 6.06. The maximum atomic E-state index is 12.0. The number of carbonyl (C=O) groups excluding carboxylic acids is 2. The zero-order valence-corrected chi connectivity index (χ0v) is 11.6. The Bertz CT molecular complexity index is 512. The minimum atomic E-state index is -0.436. The molecule has 0 saturated carbocycles. The van der Waals surface area contributed by atoms with Crippen LogP contribution in [0, 0.1) is 11.8 Å². The van der Waals surface area contributed by atoms with E-state index in [1.54, 1.807) is 18.4 Å². The Morgan fingerprint density at radius 1 is 1.53 bits per heavy atom. The molecule has 6 heteroatoms. The van der Waals surface area contributed by atoms with Crippen LogP contribution in [0.15, 0.2) is 11.4 Å². The van der Waals surface area contributed by atoms with E-state index in [0.29, 0.717) is 17.0 Å². The third-order valence-corrected chi connectivity index (χ3v) is 3.00. The predicted octanol–water partition coefficient (Wildman–Crippen LogP) is 0.727. The van der Waals surface area contributed by atoms with Gasteiger partial charge in [-0.3, -0.25) is 9.59 Å². The molecular formula is C13H15NO4S. The first-order valence-electron chi connectivity index (χ1n) is 5.67. The highest BCUT2D eigenvalue weighted by atomic mass is 32.1. The van der Waals surface area contributed by atoms with Crippen LogP contribution in [0.4, 0.5) is 0 Å². The zero-order valence-electron chi connectivity index (χ0n) is 10.8. The lowest BCUT2D eigenvalue weighted by molar-refractivity contribution is -0.143. The van der Waals surface area contributed by atoms with Gasteiger partial charge in [-0.25, -0.2) is 0 Å². The van der Waals surface area contributed by atoms with E-state index in [-0.39, 0.29) is 19.1 Å². The third kappa shape index (κ3) is 4.73. The smallest absolute Gasteiger partial charge is 0.325 e. The van der Waals surface area contributed by atoms with Gasteiger partial charge < -0.3 is 14.7 Å². The molecule has 5 nitrogen and oxygen atoms in total. The zero-order chi connectivity index (χ0) is 14.3. The van der Waals surface area contributed by atoms with E-state index in [0.717, 1.165) is 0 Å². The highest BCUT2D eigenvalue weighted by Crippen LogP contribution is 2.15. The van der Waals surface area contributed by atoms with E-state index < -0.39 is 5.97 Å². The maximum absolute atomic E-state index is 12.0. The molecule has 1 rings (SSSR count). The van der Waals surface area contributed by atoms with Crippen molar-refractivity contribution in [1.29, 1.82) is 0 Å². The van der Waals surface area contributed by atoms with Crippen molar-refractivity contribution in [1.82, 2.24) is 4.90 Å². The van der Waals surface area contributed by atoms with Crippen molar-refractivity contribution in [2.24, 2.45) is 0 Å². The van der Waals surface area contributed by atoms with Crippen LogP contribution in [0.5, 0.6) is 0 Å². The van der Waals surface area contributed by atoms with Crippen LogP contribution < -0.4 is 0 Å². The minimum Gasteiger partial charge on any atom is -0.465 e. The van der Waals surface area contributed by atoms with Crippen molar-refractivity contribution in [3.05, 3.63) is 21.9 Å². The van der Waals surface area contributed by atoms with Crippen LogP contribution >= 0.6 is 11.3 Å². The fourth-order valence-electron chi connectivity index (χ4n) is 1.33. The maximum Gasteiger partial charge on any atom is 0.325 e. The molecule has 0 saturated heterocycles. The molecule has 0 aliphatic rings. The summed E-state index contributed by atoms with van der Waals surface area (Å²) in [5, 5.41) is 10.3. The monoisotopic (exact) mass is 281 g/mol. The number of esters is 1. The molecule has 1 amide bonds. The topological polar surface area (TPSA) is 66.8 Å². The van der Waals surface area contributed by atoms with Crippen molar-refractivity contribution in [2.75, 3.05) is 26.8 Å². The number of aliphatic hydroxyl groups is 1. The number of thiophene rings is 1. The number of ether oxygens (including phenoxy) is 1. The first kappa shape index (κ1) is 15.2. The van der Waals surface area contributed by atoms with E-state index in [1.807, 2.05) is 0 Å². The largest absolute Gasteiger partial charge is 0.465 e. The summed E-state index contributed by atoms with van der Waals surface area (Å²) >= 11 is 1.32. The molecule has 1 heterocycles.